The topological polar surface area (TPSA) is 110 Å². The average Bonchev–Trinajstić information content (AvgIpc) is 2.72. The molecule has 2 N–H and O–H groups in total. The Morgan fingerprint density at radius 3 is 1.47 bits per heavy atom. The number of hydrogen-bond acceptors (Lipinski definition) is 6. The van der Waals surface area contributed by atoms with Crippen LogP contribution in [-0.2, 0) is 23.9 Å². The van der Waals surface area contributed by atoms with Crippen molar-refractivity contribution in [3.63, 3.8) is 0 Å². The van der Waals surface area contributed by atoms with Gasteiger partial charge in [0.2, 0.25) is 0 Å². The standard InChI is InChI=1S/C23H42O7/c1-2-3-4-5-6-7-8-9-10-11-12-13-14-15-22(27)29-18-20(24)19-30-23(28)17-16-21(25)26/h20,24H,2-19H2,1H3,(H,25,26). The van der Waals surface area contributed by atoms with Crippen molar-refractivity contribution >= 4 is 17.9 Å². The third-order valence-electron chi connectivity index (χ3n) is 4.90. The molecule has 0 heterocycles. The molecule has 0 bridgehead atoms. The summed E-state index contributed by atoms with van der Waals surface area (Å²) in [6, 6.07) is 0. The first kappa shape index (κ1) is 28.4. The van der Waals surface area contributed by atoms with E-state index >= 15 is 0 Å². The highest BCUT2D eigenvalue weighted by molar-refractivity contribution is 5.76. The number of aliphatic hydroxyl groups is 1. The summed E-state index contributed by atoms with van der Waals surface area (Å²) < 4.78 is 9.69. The number of carbonyl (C=O) groups is 3. The van der Waals surface area contributed by atoms with Gasteiger partial charge in [-0.15, -0.1) is 0 Å². The summed E-state index contributed by atoms with van der Waals surface area (Å²) in [5, 5.41) is 18.1. The van der Waals surface area contributed by atoms with E-state index < -0.39 is 18.0 Å². The number of aliphatic carboxylic acids is 1. The monoisotopic (exact) mass is 430 g/mol. The second kappa shape index (κ2) is 20.6. The number of carbonyl (C=O) groups excluding carboxylic acids is 2. The smallest absolute Gasteiger partial charge is 0.306 e. The Morgan fingerprint density at radius 1 is 0.633 bits per heavy atom. The minimum atomic E-state index is -1.10. The second-order valence-corrected chi connectivity index (χ2v) is 7.91. The van der Waals surface area contributed by atoms with Crippen molar-refractivity contribution in [2.24, 2.45) is 0 Å². The maximum atomic E-state index is 11.7. The van der Waals surface area contributed by atoms with Gasteiger partial charge in [0.05, 0.1) is 12.8 Å². The number of carboxylic acid groups (broad SMARTS) is 1. The summed E-state index contributed by atoms with van der Waals surface area (Å²) in [6.45, 7) is 1.69. The molecule has 0 aliphatic heterocycles. The quantitative estimate of drug-likeness (QED) is 0.199. The third kappa shape index (κ3) is 21.1. The van der Waals surface area contributed by atoms with Gasteiger partial charge in [-0.3, -0.25) is 14.4 Å². The van der Waals surface area contributed by atoms with Crippen molar-refractivity contribution in [2.75, 3.05) is 13.2 Å². The lowest BCUT2D eigenvalue weighted by molar-refractivity contribution is -0.154. The fourth-order valence-electron chi connectivity index (χ4n) is 3.07. The van der Waals surface area contributed by atoms with E-state index in [1.807, 2.05) is 0 Å². The van der Waals surface area contributed by atoms with Crippen molar-refractivity contribution in [3.8, 4) is 0 Å². The molecule has 0 amide bonds. The molecule has 0 saturated carbocycles. The van der Waals surface area contributed by atoms with Crippen LogP contribution < -0.4 is 0 Å². The number of carboxylic acids is 1. The molecule has 0 fully saturated rings. The number of rotatable bonds is 21. The first-order valence-electron chi connectivity index (χ1n) is 11.7. The van der Waals surface area contributed by atoms with Gasteiger partial charge in [0, 0.05) is 6.42 Å². The summed E-state index contributed by atoms with van der Waals surface area (Å²) in [6.07, 6.45) is 14.8. The Morgan fingerprint density at radius 2 is 1.03 bits per heavy atom. The highest BCUT2D eigenvalue weighted by atomic mass is 16.6. The van der Waals surface area contributed by atoms with E-state index in [2.05, 4.69) is 6.92 Å². The highest BCUT2D eigenvalue weighted by Gasteiger charge is 2.12. The normalized spacial score (nSPS) is 11.8. The SMILES string of the molecule is CCCCCCCCCCCCCCCC(=O)OCC(O)COC(=O)CCC(=O)O. The minimum Gasteiger partial charge on any atom is -0.481 e. The molecule has 176 valence electrons. The van der Waals surface area contributed by atoms with E-state index in [-0.39, 0.29) is 32.0 Å². The van der Waals surface area contributed by atoms with E-state index in [1.165, 1.54) is 64.2 Å². The summed E-state index contributed by atoms with van der Waals surface area (Å²) in [4.78, 5) is 33.2. The molecule has 0 radical (unpaired) electrons. The predicted molar refractivity (Wildman–Crippen MR) is 115 cm³/mol. The molecule has 0 aliphatic carbocycles. The summed E-state index contributed by atoms with van der Waals surface area (Å²) in [5.41, 5.74) is 0. The lowest BCUT2D eigenvalue weighted by Gasteiger charge is -2.11. The maximum Gasteiger partial charge on any atom is 0.306 e. The van der Waals surface area contributed by atoms with Gasteiger partial charge in [-0.25, -0.2) is 0 Å². The molecule has 30 heavy (non-hydrogen) atoms. The van der Waals surface area contributed by atoms with Crippen LogP contribution in [0, 0.1) is 0 Å². The number of aliphatic hydroxyl groups excluding tert-OH is 1. The second-order valence-electron chi connectivity index (χ2n) is 7.91. The zero-order chi connectivity index (χ0) is 22.5. The Hall–Kier alpha value is -1.63. The Labute approximate surface area is 181 Å². The molecule has 1 atom stereocenters. The van der Waals surface area contributed by atoms with Gasteiger partial charge in [0.25, 0.3) is 0 Å². The van der Waals surface area contributed by atoms with E-state index in [9.17, 15) is 19.5 Å². The zero-order valence-corrected chi connectivity index (χ0v) is 18.7. The van der Waals surface area contributed by atoms with Crippen LogP contribution >= 0.6 is 0 Å². The molecule has 0 rings (SSSR count). The summed E-state index contributed by atoms with van der Waals surface area (Å²) in [5.74, 6) is -2.15. The Kier molecular flexibility index (Phi) is 19.5. The van der Waals surface area contributed by atoms with E-state index in [0.717, 1.165) is 19.3 Å². The molecule has 0 aliphatic rings. The molecule has 1 unspecified atom stereocenters. The van der Waals surface area contributed by atoms with Gasteiger partial charge < -0.3 is 19.7 Å². The molecular formula is C23H42O7. The molecule has 0 aromatic heterocycles. The van der Waals surface area contributed by atoms with Crippen LogP contribution in [0.25, 0.3) is 0 Å². The first-order valence-corrected chi connectivity index (χ1v) is 11.7. The van der Waals surface area contributed by atoms with Gasteiger partial charge in [0.15, 0.2) is 0 Å². The zero-order valence-electron chi connectivity index (χ0n) is 18.7. The van der Waals surface area contributed by atoms with Crippen LogP contribution in [0.15, 0.2) is 0 Å². The van der Waals surface area contributed by atoms with Crippen molar-refractivity contribution < 1.29 is 34.1 Å². The van der Waals surface area contributed by atoms with Gasteiger partial charge >= 0.3 is 17.9 Å². The van der Waals surface area contributed by atoms with Crippen LogP contribution in [0.1, 0.15) is 110 Å². The lowest BCUT2D eigenvalue weighted by Crippen LogP contribution is -2.25. The summed E-state index contributed by atoms with van der Waals surface area (Å²) >= 11 is 0. The molecule has 0 aromatic carbocycles. The van der Waals surface area contributed by atoms with Crippen LogP contribution in [0.3, 0.4) is 0 Å². The van der Waals surface area contributed by atoms with E-state index in [4.69, 9.17) is 14.6 Å². The third-order valence-corrected chi connectivity index (χ3v) is 4.90. The molecule has 0 spiro atoms. The largest absolute Gasteiger partial charge is 0.481 e. The molecule has 0 aromatic rings. The lowest BCUT2D eigenvalue weighted by atomic mass is 10.0. The molecule has 7 heteroatoms. The van der Waals surface area contributed by atoms with Gasteiger partial charge in [-0.1, -0.05) is 84.0 Å². The van der Waals surface area contributed by atoms with Crippen molar-refractivity contribution in [3.05, 3.63) is 0 Å². The van der Waals surface area contributed by atoms with Crippen LogP contribution in [0.5, 0.6) is 0 Å². The van der Waals surface area contributed by atoms with Crippen molar-refractivity contribution in [1.29, 1.82) is 0 Å². The minimum absolute atomic E-state index is 0.233. The number of unbranched alkanes of at least 4 members (excludes halogenated alkanes) is 12. The fraction of sp³-hybridized carbons (Fsp3) is 0.870. The molecular weight excluding hydrogens is 388 g/mol. The molecule has 0 saturated heterocycles. The van der Waals surface area contributed by atoms with Crippen molar-refractivity contribution in [1.82, 2.24) is 0 Å². The van der Waals surface area contributed by atoms with Gasteiger partial charge in [0.1, 0.15) is 19.3 Å². The fourth-order valence-corrected chi connectivity index (χ4v) is 3.07. The number of ether oxygens (including phenoxy) is 2. The van der Waals surface area contributed by atoms with Gasteiger partial charge in [-0.05, 0) is 6.42 Å². The highest BCUT2D eigenvalue weighted by Crippen LogP contribution is 2.13. The average molecular weight is 431 g/mol. The van der Waals surface area contributed by atoms with Gasteiger partial charge in [-0.2, -0.15) is 0 Å². The summed E-state index contributed by atoms with van der Waals surface area (Å²) in [7, 11) is 0. The Bertz CT molecular complexity index is 451. The number of esters is 2. The molecule has 7 nitrogen and oxygen atoms in total. The van der Waals surface area contributed by atoms with Crippen LogP contribution in [0.2, 0.25) is 0 Å². The predicted octanol–water partition coefficient (Wildman–Crippen LogP) is 4.78. The maximum absolute atomic E-state index is 11.7. The van der Waals surface area contributed by atoms with Crippen molar-refractivity contribution in [2.45, 2.75) is 116 Å². The number of hydrogen-bond donors (Lipinski definition) is 2. The van der Waals surface area contributed by atoms with E-state index in [0.29, 0.717) is 6.42 Å². The van der Waals surface area contributed by atoms with E-state index in [1.54, 1.807) is 0 Å². The Balaban J connectivity index is 3.41. The van der Waals surface area contributed by atoms with Crippen LogP contribution in [-0.4, -0.2) is 47.4 Å². The first-order chi connectivity index (χ1) is 14.5. The van der Waals surface area contributed by atoms with Crippen LogP contribution in [0.4, 0.5) is 0 Å².